The van der Waals surface area contributed by atoms with Gasteiger partial charge in [-0.1, -0.05) is 5.92 Å². The molecule has 0 fully saturated rings. The normalized spacial score (nSPS) is 9.00. The van der Waals surface area contributed by atoms with Crippen LogP contribution in [0.3, 0.4) is 0 Å². The van der Waals surface area contributed by atoms with Gasteiger partial charge in [0.2, 0.25) is 0 Å². The van der Waals surface area contributed by atoms with Gasteiger partial charge in [0.05, 0.1) is 4.92 Å². The van der Waals surface area contributed by atoms with E-state index in [-0.39, 0.29) is 12.4 Å². The minimum absolute atomic E-state index is 0.105. The third-order valence-electron chi connectivity index (χ3n) is 1.88. The fourth-order valence-corrected chi connectivity index (χ4v) is 1.13. The maximum atomic E-state index is 10.8. The van der Waals surface area contributed by atoms with Crippen LogP contribution in [0.2, 0.25) is 0 Å². The van der Waals surface area contributed by atoms with Gasteiger partial charge in [-0.3, -0.25) is 10.1 Å². The smallest absolute Gasteiger partial charge is 0.342 e. The van der Waals surface area contributed by atoms with Gasteiger partial charge in [-0.25, -0.2) is 4.79 Å². The Morgan fingerprint density at radius 1 is 1.59 bits per heavy atom. The number of carboxylic acid groups (broad SMARTS) is 1. The summed E-state index contributed by atoms with van der Waals surface area (Å²) in [5, 5.41) is 19.4. The molecule has 17 heavy (non-hydrogen) atoms. The number of nitro benzene ring substituents is 1. The van der Waals surface area contributed by atoms with E-state index in [1.165, 1.54) is 6.07 Å². The Bertz CT molecular complexity index is 512. The summed E-state index contributed by atoms with van der Waals surface area (Å²) in [6, 6.07) is 3.54. The van der Waals surface area contributed by atoms with E-state index in [2.05, 4.69) is 11.8 Å². The summed E-state index contributed by atoms with van der Waals surface area (Å²) in [4.78, 5) is 20.6. The molecule has 1 aromatic rings. The van der Waals surface area contributed by atoms with Gasteiger partial charge in [0.25, 0.3) is 5.69 Å². The lowest BCUT2D eigenvalue weighted by atomic mass is 10.1. The van der Waals surface area contributed by atoms with Crippen LogP contribution in [0.15, 0.2) is 18.2 Å². The average Bonchev–Trinajstić information content (AvgIpc) is 2.29. The van der Waals surface area contributed by atoms with Gasteiger partial charge in [-0.2, -0.15) is 0 Å². The van der Waals surface area contributed by atoms with E-state index in [0.717, 1.165) is 12.1 Å². The Morgan fingerprint density at radius 3 is 2.82 bits per heavy atom. The quantitative estimate of drug-likeness (QED) is 0.487. The van der Waals surface area contributed by atoms with E-state index in [0.29, 0.717) is 0 Å². The van der Waals surface area contributed by atoms with Crippen molar-refractivity contribution in [2.75, 3.05) is 6.61 Å². The predicted octanol–water partition coefficient (Wildman–Crippen LogP) is 1.70. The number of hydrogen-bond donors (Lipinski definition) is 1. The van der Waals surface area contributed by atoms with Crippen LogP contribution in [-0.4, -0.2) is 22.6 Å². The Kier molecular flexibility index (Phi) is 4.06. The number of carbonyl (C=O) groups is 1. The second-order valence-electron chi connectivity index (χ2n) is 2.96. The molecule has 0 aromatic heterocycles. The summed E-state index contributed by atoms with van der Waals surface area (Å²) in [7, 11) is 0. The first-order valence-electron chi connectivity index (χ1n) is 4.60. The van der Waals surface area contributed by atoms with Crippen molar-refractivity contribution in [1.29, 1.82) is 0 Å². The number of carboxylic acids is 1. The van der Waals surface area contributed by atoms with Gasteiger partial charge in [-0.15, -0.1) is 5.92 Å². The second-order valence-corrected chi connectivity index (χ2v) is 2.96. The minimum Gasteiger partial charge on any atom is -0.481 e. The Morgan fingerprint density at radius 2 is 2.29 bits per heavy atom. The molecule has 0 unspecified atom stereocenters. The second kappa shape index (κ2) is 5.51. The first-order chi connectivity index (χ1) is 8.06. The molecule has 6 heteroatoms. The highest BCUT2D eigenvalue weighted by molar-refractivity contribution is 5.92. The lowest BCUT2D eigenvalue weighted by molar-refractivity contribution is -0.385. The predicted molar refractivity (Wildman–Crippen MR) is 59.0 cm³/mol. The maximum absolute atomic E-state index is 10.8. The van der Waals surface area contributed by atoms with Crippen molar-refractivity contribution in [2.45, 2.75) is 6.92 Å². The third-order valence-corrected chi connectivity index (χ3v) is 1.88. The molecule has 0 radical (unpaired) electrons. The van der Waals surface area contributed by atoms with E-state index < -0.39 is 22.1 Å². The first kappa shape index (κ1) is 12.5. The third kappa shape index (κ3) is 3.21. The highest BCUT2D eigenvalue weighted by Crippen LogP contribution is 2.23. The molecule has 88 valence electrons. The van der Waals surface area contributed by atoms with Crippen molar-refractivity contribution >= 4 is 11.7 Å². The van der Waals surface area contributed by atoms with E-state index in [4.69, 9.17) is 9.84 Å². The highest BCUT2D eigenvalue weighted by atomic mass is 16.6. The molecule has 0 atom stereocenters. The standard InChI is InChI=1S/C11H9NO5/c1-2-3-6-17-8-4-5-10(12(15)16)9(7-8)11(13)14/h4-5,7H,6H2,1H3,(H,13,14). The summed E-state index contributed by atoms with van der Waals surface area (Å²) in [5.41, 5.74) is -0.872. The minimum atomic E-state index is -1.37. The van der Waals surface area contributed by atoms with Crippen LogP contribution in [0.25, 0.3) is 0 Å². The van der Waals surface area contributed by atoms with Crippen molar-refractivity contribution in [3.63, 3.8) is 0 Å². The van der Waals surface area contributed by atoms with Crippen molar-refractivity contribution < 1.29 is 19.6 Å². The first-order valence-corrected chi connectivity index (χ1v) is 4.60. The molecule has 6 nitrogen and oxygen atoms in total. The Hall–Kier alpha value is -2.55. The fraction of sp³-hybridized carbons (Fsp3) is 0.182. The topological polar surface area (TPSA) is 89.7 Å². The SMILES string of the molecule is CC#CCOc1ccc([N+](=O)[O-])c(C(=O)O)c1. The lowest BCUT2D eigenvalue weighted by Gasteiger charge is -2.03. The zero-order valence-corrected chi connectivity index (χ0v) is 8.97. The van der Waals surface area contributed by atoms with Gasteiger partial charge < -0.3 is 9.84 Å². The van der Waals surface area contributed by atoms with Crippen LogP contribution >= 0.6 is 0 Å². The van der Waals surface area contributed by atoms with E-state index in [9.17, 15) is 14.9 Å². The van der Waals surface area contributed by atoms with Crippen LogP contribution in [0.1, 0.15) is 17.3 Å². The summed E-state index contributed by atoms with van der Waals surface area (Å²) < 4.78 is 5.11. The summed E-state index contributed by atoms with van der Waals surface area (Å²) in [6.07, 6.45) is 0. The molecule has 0 saturated carbocycles. The molecule has 0 amide bonds. The van der Waals surface area contributed by atoms with Gasteiger partial charge in [0.15, 0.2) is 0 Å². The largest absolute Gasteiger partial charge is 0.481 e. The molecule has 0 aliphatic heterocycles. The average molecular weight is 235 g/mol. The molecule has 0 bridgehead atoms. The molecule has 0 aliphatic carbocycles. The van der Waals surface area contributed by atoms with Gasteiger partial charge in [0.1, 0.15) is 17.9 Å². The number of nitro groups is 1. The molecule has 0 aliphatic rings. The van der Waals surface area contributed by atoms with Crippen molar-refractivity contribution in [3.05, 3.63) is 33.9 Å². The van der Waals surface area contributed by atoms with E-state index in [1.807, 2.05) is 0 Å². The molecule has 0 spiro atoms. The number of aromatic carboxylic acids is 1. The van der Waals surface area contributed by atoms with Gasteiger partial charge in [0, 0.05) is 12.1 Å². The molecule has 0 heterocycles. The molecular formula is C11H9NO5. The zero-order chi connectivity index (χ0) is 12.8. The number of rotatable bonds is 4. The molecule has 1 rings (SSSR count). The highest BCUT2D eigenvalue weighted by Gasteiger charge is 2.20. The fourth-order valence-electron chi connectivity index (χ4n) is 1.13. The zero-order valence-electron chi connectivity index (χ0n) is 8.97. The number of ether oxygens (including phenoxy) is 1. The van der Waals surface area contributed by atoms with Crippen LogP contribution in [-0.2, 0) is 0 Å². The number of hydrogen-bond acceptors (Lipinski definition) is 4. The van der Waals surface area contributed by atoms with Crippen LogP contribution in [0.4, 0.5) is 5.69 Å². The maximum Gasteiger partial charge on any atom is 0.342 e. The van der Waals surface area contributed by atoms with Crippen LogP contribution in [0, 0.1) is 22.0 Å². The van der Waals surface area contributed by atoms with Gasteiger partial charge >= 0.3 is 5.97 Å². The molecule has 1 N–H and O–H groups in total. The lowest BCUT2D eigenvalue weighted by Crippen LogP contribution is -2.04. The number of benzene rings is 1. The Balaban J connectivity index is 3.04. The summed E-state index contributed by atoms with van der Waals surface area (Å²) in [6.45, 7) is 1.75. The molecular weight excluding hydrogens is 226 g/mol. The van der Waals surface area contributed by atoms with Crippen molar-refractivity contribution in [3.8, 4) is 17.6 Å². The van der Waals surface area contributed by atoms with Crippen molar-refractivity contribution in [1.82, 2.24) is 0 Å². The Labute approximate surface area is 97.0 Å². The summed E-state index contributed by atoms with van der Waals surface area (Å²) >= 11 is 0. The monoisotopic (exact) mass is 235 g/mol. The summed E-state index contributed by atoms with van der Waals surface area (Å²) in [5.74, 6) is 4.10. The van der Waals surface area contributed by atoms with Crippen LogP contribution < -0.4 is 4.74 Å². The number of nitrogens with zero attached hydrogens (tertiary/aromatic N) is 1. The van der Waals surface area contributed by atoms with Gasteiger partial charge in [-0.05, 0) is 13.0 Å². The van der Waals surface area contributed by atoms with Crippen LogP contribution in [0.5, 0.6) is 5.75 Å². The molecule has 0 saturated heterocycles. The van der Waals surface area contributed by atoms with E-state index in [1.54, 1.807) is 6.92 Å². The molecule has 1 aromatic carbocycles. The van der Waals surface area contributed by atoms with E-state index >= 15 is 0 Å². The van der Waals surface area contributed by atoms with Crippen molar-refractivity contribution in [2.24, 2.45) is 0 Å².